The fourth-order valence-electron chi connectivity index (χ4n) is 1.51. The Kier molecular flexibility index (Phi) is 3.79. The number of hydrogen-bond acceptors (Lipinski definition) is 4. The summed E-state index contributed by atoms with van der Waals surface area (Å²) in [5.74, 6) is -0.395. The van der Waals surface area contributed by atoms with E-state index in [0.717, 1.165) is 11.8 Å². The van der Waals surface area contributed by atoms with E-state index in [1.54, 1.807) is 24.3 Å². The molecule has 100 valence electrons. The van der Waals surface area contributed by atoms with Crippen LogP contribution in [-0.4, -0.2) is 8.42 Å². The number of nitrogen functional groups attached to an aromatic ring is 1. The first kappa shape index (κ1) is 13.9. The maximum atomic E-state index is 13.5. The molecular formula is C12H11FN2O2S2. The minimum absolute atomic E-state index is 0.0262. The SMILES string of the molecule is Nc1c(Sc2ccccc2F)cccc1S(N)(=O)=O. The molecule has 0 aliphatic carbocycles. The van der Waals surface area contributed by atoms with E-state index in [-0.39, 0.29) is 10.6 Å². The molecular weight excluding hydrogens is 287 g/mol. The van der Waals surface area contributed by atoms with Crippen LogP contribution in [0, 0.1) is 5.82 Å². The summed E-state index contributed by atoms with van der Waals surface area (Å²) in [5.41, 5.74) is 5.79. The van der Waals surface area contributed by atoms with E-state index in [4.69, 9.17) is 10.9 Å². The first-order chi connectivity index (χ1) is 8.89. The second kappa shape index (κ2) is 5.20. The second-order valence-electron chi connectivity index (χ2n) is 3.75. The fourth-order valence-corrected chi connectivity index (χ4v) is 3.17. The lowest BCUT2D eigenvalue weighted by molar-refractivity contribution is 0.598. The Balaban J connectivity index is 2.46. The topological polar surface area (TPSA) is 86.2 Å². The van der Waals surface area contributed by atoms with Crippen molar-refractivity contribution in [2.75, 3.05) is 5.73 Å². The molecule has 0 amide bonds. The zero-order valence-corrected chi connectivity index (χ0v) is 11.3. The van der Waals surface area contributed by atoms with Crippen LogP contribution in [0.2, 0.25) is 0 Å². The van der Waals surface area contributed by atoms with Gasteiger partial charge in [0, 0.05) is 9.79 Å². The van der Waals surface area contributed by atoms with E-state index in [0.29, 0.717) is 9.79 Å². The molecule has 2 aromatic rings. The first-order valence-corrected chi connectivity index (χ1v) is 7.59. The van der Waals surface area contributed by atoms with E-state index in [1.165, 1.54) is 18.2 Å². The minimum Gasteiger partial charge on any atom is -0.397 e. The Morgan fingerprint density at radius 2 is 1.63 bits per heavy atom. The lowest BCUT2D eigenvalue weighted by Crippen LogP contribution is -2.14. The zero-order chi connectivity index (χ0) is 14.0. The molecule has 0 spiro atoms. The van der Waals surface area contributed by atoms with Gasteiger partial charge in [-0.2, -0.15) is 0 Å². The highest BCUT2D eigenvalue weighted by molar-refractivity contribution is 7.99. The molecule has 7 heteroatoms. The molecule has 0 bridgehead atoms. The van der Waals surface area contributed by atoms with Crippen LogP contribution >= 0.6 is 11.8 Å². The van der Waals surface area contributed by atoms with Crippen molar-refractivity contribution in [3.8, 4) is 0 Å². The Hall–Kier alpha value is -1.57. The Morgan fingerprint density at radius 3 is 2.26 bits per heavy atom. The van der Waals surface area contributed by atoms with E-state index in [1.807, 2.05) is 0 Å². The van der Waals surface area contributed by atoms with Gasteiger partial charge in [0.2, 0.25) is 10.0 Å². The molecule has 4 nitrogen and oxygen atoms in total. The van der Waals surface area contributed by atoms with E-state index in [2.05, 4.69) is 0 Å². The molecule has 0 aliphatic heterocycles. The normalized spacial score (nSPS) is 11.5. The van der Waals surface area contributed by atoms with Crippen LogP contribution in [0.3, 0.4) is 0 Å². The molecule has 0 radical (unpaired) electrons. The predicted molar refractivity (Wildman–Crippen MR) is 72.8 cm³/mol. The third kappa shape index (κ3) is 3.06. The average Bonchev–Trinajstić information content (AvgIpc) is 2.33. The molecule has 0 saturated carbocycles. The van der Waals surface area contributed by atoms with Gasteiger partial charge in [-0.15, -0.1) is 0 Å². The first-order valence-electron chi connectivity index (χ1n) is 5.23. The number of nitrogens with two attached hydrogens (primary N) is 2. The van der Waals surface area contributed by atoms with Crippen molar-refractivity contribution >= 4 is 27.5 Å². The van der Waals surface area contributed by atoms with Crippen molar-refractivity contribution in [1.82, 2.24) is 0 Å². The largest absolute Gasteiger partial charge is 0.397 e. The van der Waals surface area contributed by atoms with Crippen LogP contribution in [-0.2, 0) is 10.0 Å². The summed E-state index contributed by atoms with van der Waals surface area (Å²) < 4.78 is 36.2. The Labute approximate surface area is 114 Å². The molecule has 0 aliphatic rings. The maximum Gasteiger partial charge on any atom is 0.240 e. The summed E-state index contributed by atoms with van der Waals surface area (Å²) >= 11 is 1.05. The van der Waals surface area contributed by atoms with Crippen molar-refractivity contribution in [3.05, 3.63) is 48.3 Å². The number of anilines is 1. The third-order valence-electron chi connectivity index (χ3n) is 2.39. The molecule has 0 heterocycles. The van der Waals surface area contributed by atoms with Crippen LogP contribution in [0.1, 0.15) is 0 Å². The molecule has 2 rings (SSSR count). The van der Waals surface area contributed by atoms with Crippen molar-refractivity contribution in [2.45, 2.75) is 14.7 Å². The van der Waals surface area contributed by atoms with Crippen molar-refractivity contribution in [3.63, 3.8) is 0 Å². The smallest absolute Gasteiger partial charge is 0.240 e. The van der Waals surface area contributed by atoms with Crippen molar-refractivity contribution < 1.29 is 12.8 Å². The highest BCUT2D eigenvalue weighted by Gasteiger charge is 2.16. The monoisotopic (exact) mass is 298 g/mol. The highest BCUT2D eigenvalue weighted by atomic mass is 32.2. The Bertz CT molecular complexity index is 717. The summed E-state index contributed by atoms with van der Waals surface area (Å²) in [5, 5.41) is 5.06. The lowest BCUT2D eigenvalue weighted by atomic mass is 10.3. The van der Waals surface area contributed by atoms with Crippen molar-refractivity contribution in [1.29, 1.82) is 0 Å². The van der Waals surface area contributed by atoms with Gasteiger partial charge in [-0.05, 0) is 24.3 Å². The van der Waals surface area contributed by atoms with Crippen LogP contribution < -0.4 is 10.9 Å². The summed E-state index contributed by atoms with van der Waals surface area (Å²) in [6.07, 6.45) is 0. The Morgan fingerprint density at radius 1 is 1.00 bits per heavy atom. The molecule has 0 unspecified atom stereocenters. The molecule has 0 saturated heterocycles. The van der Waals surface area contributed by atoms with Gasteiger partial charge in [-0.3, -0.25) is 0 Å². The van der Waals surface area contributed by atoms with Gasteiger partial charge in [0.1, 0.15) is 10.7 Å². The van der Waals surface area contributed by atoms with E-state index in [9.17, 15) is 12.8 Å². The molecule has 0 atom stereocenters. The summed E-state index contributed by atoms with van der Waals surface area (Å²) in [6, 6.07) is 10.6. The lowest BCUT2D eigenvalue weighted by Gasteiger charge is -2.09. The zero-order valence-electron chi connectivity index (χ0n) is 9.71. The van der Waals surface area contributed by atoms with E-state index >= 15 is 0 Å². The molecule has 19 heavy (non-hydrogen) atoms. The second-order valence-corrected chi connectivity index (χ2v) is 6.36. The highest BCUT2D eigenvalue weighted by Crippen LogP contribution is 2.35. The molecule has 2 aromatic carbocycles. The number of sulfonamides is 1. The van der Waals surface area contributed by atoms with Gasteiger partial charge < -0.3 is 5.73 Å². The number of primary sulfonamides is 1. The van der Waals surface area contributed by atoms with Crippen molar-refractivity contribution in [2.24, 2.45) is 5.14 Å². The number of benzene rings is 2. The van der Waals surface area contributed by atoms with E-state index < -0.39 is 15.8 Å². The molecule has 0 aromatic heterocycles. The van der Waals surface area contributed by atoms with Crippen LogP contribution in [0.5, 0.6) is 0 Å². The van der Waals surface area contributed by atoms with Crippen LogP contribution in [0.15, 0.2) is 57.2 Å². The maximum absolute atomic E-state index is 13.5. The molecule has 4 N–H and O–H groups in total. The number of para-hydroxylation sites is 1. The number of halogens is 1. The fraction of sp³-hybridized carbons (Fsp3) is 0. The minimum atomic E-state index is -3.89. The summed E-state index contributed by atoms with van der Waals surface area (Å²) in [7, 11) is -3.89. The third-order valence-corrected chi connectivity index (χ3v) is 4.49. The number of hydrogen-bond donors (Lipinski definition) is 2. The quantitative estimate of drug-likeness (QED) is 0.851. The van der Waals surface area contributed by atoms with Gasteiger partial charge in [0.15, 0.2) is 0 Å². The average molecular weight is 298 g/mol. The summed E-state index contributed by atoms with van der Waals surface area (Å²) in [4.78, 5) is 0.645. The number of rotatable bonds is 3. The van der Waals surface area contributed by atoms with Gasteiger partial charge in [0.05, 0.1) is 5.69 Å². The summed E-state index contributed by atoms with van der Waals surface area (Å²) in [6.45, 7) is 0. The molecule has 0 fully saturated rings. The van der Waals surface area contributed by atoms with Gasteiger partial charge >= 0.3 is 0 Å². The van der Waals surface area contributed by atoms with Gasteiger partial charge in [-0.1, -0.05) is 30.0 Å². The van der Waals surface area contributed by atoms with Crippen LogP contribution in [0.25, 0.3) is 0 Å². The standard InChI is InChI=1S/C12H11FN2O2S2/c13-8-4-1-2-5-9(8)18-10-6-3-7-11(12(10)14)19(15,16)17/h1-7H,14H2,(H2,15,16,17). The van der Waals surface area contributed by atoms with Crippen LogP contribution in [0.4, 0.5) is 10.1 Å². The van der Waals surface area contributed by atoms with Gasteiger partial charge in [0.25, 0.3) is 0 Å². The van der Waals surface area contributed by atoms with Gasteiger partial charge in [-0.25, -0.2) is 17.9 Å². The predicted octanol–water partition coefficient (Wildman–Crippen LogP) is 2.21.